The average molecular weight is 459 g/mol. The molecule has 184 valence electrons. The van der Waals surface area contributed by atoms with Gasteiger partial charge in [-0.2, -0.15) is 0 Å². The van der Waals surface area contributed by atoms with E-state index < -0.39 is 18.2 Å². The molecule has 0 radical (unpaired) electrons. The molecule has 1 aliphatic carbocycles. The number of para-hydroxylation sites is 1. The minimum absolute atomic E-state index is 0.0947. The summed E-state index contributed by atoms with van der Waals surface area (Å²) in [5.74, 6) is 0.0110. The molecule has 0 aliphatic heterocycles. The minimum Gasteiger partial charge on any atom is -0.490 e. The molecule has 5 nitrogen and oxygen atoms in total. The van der Waals surface area contributed by atoms with Gasteiger partial charge in [-0.05, 0) is 43.2 Å². The lowest BCUT2D eigenvalue weighted by Gasteiger charge is -2.29. The quantitative estimate of drug-likeness (QED) is 0.308. The van der Waals surface area contributed by atoms with Crippen LogP contribution in [0.3, 0.4) is 0 Å². The summed E-state index contributed by atoms with van der Waals surface area (Å²) in [7, 11) is 0. The molecule has 5 heteroatoms. The first-order valence-corrected chi connectivity index (χ1v) is 12.4. The first-order chi connectivity index (χ1) is 15.7. The molecule has 1 aromatic carbocycles. The number of unbranched alkanes of at least 4 members (excludes halogenated alkanes) is 1. The first kappa shape index (κ1) is 27.1. The van der Waals surface area contributed by atoms with Gasteiger partial charge in [0.25, 0.3) is 0 Å². The van der Waals surface area contributed by atoms with Crippen molar-refractivity contribution in [1.82, 2.24) is 0 Å². The maximum absolute atomic E-state index is 10.9. The second-order valence-electron chi connectivity index (χ2n) is 9.92. The van der Waals surface area contributed by atoms with Gasteiger partial charge < -0.3 is 20.1 Å². The molecule has 1 fully saturated rings. The number of rotatable bonds is 14. The highest BCUT2D eigenvalue weighted by molar-refractivity contribution is 5.66. The summed E-state index contributed by atoms with van der Waals surface area (Å²) in [5.41, 5.74) is -0.210. The molecule has 1 aliphatic rings. The van der Waals surface area contributed by atoms with E-state index >= 15 is 0 Å². The zero-order valence-electron chi connectivity index (χ0n) is 20.4. The summed E-state index contributed by atoms with van der Waals surface area (Å²) in [4.78, 5) is 10.7. The third kappa shape index (κ3) is 8.98. The van der Waals surface area contributed by atoms with Gasteiger partial charge in [-0.1, -0.05) is 76.1 Å². The highest BCUT2D eigenvalue weighted by Gasteiger charge is 2.42. The zero-order chi connectivity index (χ0) is 24.3. The van der Waals surface area contributed by atoms with Crippen LogP contribution in [0.4, 0.5) is 0 Å². The van der Waals surface area contributed by atoms with Crippen LogP contribution >= 0.6 is 0 Å². The van der Waals surface area contributed by atoms with Gasteiger partial charge in [-0.3, -0.25) is 4.79 Å². The number of benzene rings is 1. The fourth-order valence-corrected chi connectivity index (χ4v) is 4.57. The van der Waals surface area contributed by atoms with E-state index in [2.05, 4.69) is 20.8 Å². The van der Waals surface area contributed by atoms with Crippen LogP contribution in [0.2, 0.25) is 0 Å². The number of ether oxygens (including phenoxy) is 1. The van der Waals surface area contributed by atoms with Crippen LogP contribution in [-0.4, -0.2) is 39.6 Å². The van der Waals surface area contributed by atoms with E-state index in [0.29, 0.717) is 12.8 Å². The number of hydrogen-bond donors (Lipinski definition) is 3. The third-order valence-corrected chi connectivity index (χ3v) is 6.77. The van der Waals surface area contributed by atoms with Crippen LogP contribution in [0.5, 0.6) is 5.75 Å². The van der Waals surface area contributed by atoms with E-state index in [9.17, 15) is 15.0 Å². The predicted molar refractivity (Wildman–Crippen MR) is 132 cm³/mol. The molecule has 1 unspecified atom stereocenters. The Morgan fingerprint density at radius 3 is 2.58 bits per heavy atom. The summed E-state index contributed by atoms with van der Waals surface area (Å²) in [5, 5.41) is 30.5. The van der Waals surface area contributed by atoms with Crippen molar-refractivity contribution < 1.29 is 24.9 Å². The fourth-order valence-electron chi connectivity index (χ4n) is 4.57. The Hall–Kier alpha value is -2.11. The standard InChI is InChI=1S/C28H42O5/c1-4-5-19-28(2,3)26(30)18-17-22-23(15-11-6-7-12-16-27(31)32)25(20-24(22)29)33-21-13-9-8-10-14-21/h6-10,13-14,17-18,22-26,29-30H,4-5,11-12,15-16,19-20H2,1-3H3,(H,31,32)/t22-,23-,24-,25-,26?/m1/s1. The molecule has 33 heavy (non-hydrogen) atoms. The number of carboxylic acid groups (broad SMARTS) is 1. The number of aliphatic hydroxyl groups excluding tert-OH is 2. The van der Waals surface area contributed by atoms with Crippen molar-refractivity contribution in [2.45, 2.75) is 90.4 Å². The minimum atomic E-state index is -0.791. The Balaban J connectivity index is 2.09. The van der Waals surface area contributed by atoms with Gasteiger partial charge in [0.15, 0.2) is 0 Å². The SMILES string of the molecule is CCCCC(C)(C)C(O)C=C[C@@H]1[C@@H](CCC=CCCC(=O)O)[C@H](Oc2ccccc2)C[C@H]1O. The molecule has 2 rings (SSSR count). The highest BCUT2D eigenvalue weighted by Crippen LogP contribution is 2.40. The normalized spacial score (nSPS) is 24.5. The lowest BCUT2D eigenvalue weighted by Crippen LogP contribution is -2.29. The van der Waals surface area contributed by atoms with E-state index in [1.807, 2.05) is 54.6 Å². The van der Waals surface area contributed by atoms with Crippen LogP contribution in [-0.2, 0) is 4.79 Å². The number of aliphatic carboxylic acids is 1. The second kappa shape index (κ2) is 13.6. The maximum atomic E-state index is 10.9. The number of carboxylic acids is 1. The number of allylic oxidation sites excluding steroid dienone is 2. The van der Waals surface area contributed by atoms with Crippen molar-refractivity contribution in [3.8, 4) is 5.75 Å². The molecule has 3 N–H and O–H groups in total. The smallest absolute Gasteiger partial charge is 0.303 e. The van der Waals surface area contributed by atoms with Crippen LogP contribution < -0.4 is 4.74 Å². The number of hydrogen-bond acceptors (Lipinski definition) is 4. The van der Waals surface area contributed by atoms with Gasteiger partial charge >= 0.3 is 5.97 Å². The van der Waals surface area contributed by atoms with E-state index in [4.69, 9.17) is 9.84 Å². The van der Waals surface area contributed by atoms with Gasteiger partial charge in [0.1, 0.15) is 11.9 Å². The summed E-state index contributed by atoms with van der Waals surface area (Å²) in [6.07, 6.45) is 12.5. The van der Waals surface area contributed by atoms with E-state index in [1.165, 1.54) is 0 Å². The van der Waals surface area contributed by atoms with Crippen molar-refractivity contribution in [1.29, 1.82) is 0 Å². The van der Waals surface area contributed by atoms with Crippen molar-refractivity contribution in [3.63, 3.8) is 0 Å². The largest absolute Gasteiger partial charge is 0.490 e. The third-order valence-electron chi connectivity index (χ3n) is 6.77. The monoisotopic (exact) mass is 458 g/mol. The van der Waals surface area contributed by atoms with Crippen LogP contribution in [0.15, 0.2) is 54.6 Å². The van der Waals surface area contributed by atoms with E-state index in [-0.39, 0.29) is 29.8 Å². The van der Waals surface area contributed by atoms with Gasteiger partial charge in [0, 0.05) is 24.7 Å². The predicted octanol–water partition coefficient (Wildman–Crippen LogP) is 5.77. The molecule has 0 spiro atoms. The highest BCUT2D eigenvalue weighted by atomic mass is 16.5. The maximum Gasteiger partial charge on any atom is 0.303 e. The Labute approximate surface area is 199 Å². The lowest BCUT2D eigenvalue weighted by atomic mass is 9.80. The van der Waals surface area contributed by atoms with Crippen molar-refractivity contribution >= 4 is 5.97 Å². The summed E-state index contributed by atoms with van der Waals surface area (Å²) >= 11 is 0. The Morgan fingerprint density at radius 1 is 1.21 bits per heavy atom. The first-order valence-electron chi connectivity index (χ1n) is 12.4. The topological polar surface area (TPSA) is 87.0 Å². The molecule has 1 saturated carbocycles. The van der Waals surface area contributed by atoms with Crippen molar-refractivity contribution in [3.05, 3.63) is 54.6 Å². The molecule has 0 bridgehead atoms. The fraction of sp³-hybridized carbons (Fsp3) is 0.607. The number of aliphatic hydroxyl groups is 2. The number of carbonyl (C=O) groups is 1. The van der Waals surface area contributed by atoms with Crippen molar-refractivity contribution in [2.24, 2.45) is 17.3 Å². The van der Waals surface area contributed by atoms with E-state index in [0.717, 1.165) is 37.9 Å². The van der Waals surface area contributed by atoms with Gasteiger partial charge in [0.2, 0.25) is 0 Å². The molecule has 0 aromatic heterocycles. The van der Waals surface area contributed by atoms with Crippen LogP contribution in [0, 0.1) is 17.3 Å². The van der Waals surface area contributed by atoms with Crippen LogP contribution in [0.1, 0.15) is 72.1 Å². The molecule has 0 saturated heterocycles. The van der Waals surface area contributed by atoms with E-state index in [1.54, 1.807) is 0 Å². The van der Waals surface area contributed by atoms with Crippen LogP contribution in [0.25, 0.3) is 0 Å². The van der Waals surface area contributed by atoms with Gasteiger partial charge in [-0.25, -0.2) is 0 Å². The second-order valence-corrected chi connectivity index (χ2v) is 9.92. The molecular formula is C28H42O5. The summed E-state index contributed by atoms with van der Waals surface area (Å²) < 4.78 is 6.27. The summed E-state index contributed by atoms with van der Waals surface area (Å²) in [6, 6.07) is 9.68. The Kier molecular flexibility index (Phi) is 11.2. The average Bonchev–Trinajstić information content (AvgIpc) is 3.07. The van der Waals surface area contributed by atoms with Gasteiger partial charge in [-0.15, -0.1) is 0 Å². The van der Waals surface area contributed by atoms with Gasteiger partial charge in [0.05, 0.1) is 12.2 Å². The molecule has 0 heterocycles. The zero-order valence-corrected chi connectivity index (χ0v) is 20.4. The molecule has 5 atom stereocenters. The summed E-state index contributed by atoms with van der Waals surface area (Å²) in [6.45, 7) is 6.33. The molecule has 1 aromatic rings. The molecular weight excluding hydrogens is 416 g/mol. The Bertz CT molecular complexity index is 755. The molecule has 0 amide bonds. The Morgan fingerprint density at radius 2 is 1.91 bits per heavy atom. The van der Waals surface area contributed by atoms with Crippen molar-refractivity contribution in [2.75, 3.05) is 0 Å². The lowest BCUT2D eigenvalue weighted by molar-refractivity contribution is -0.136.